The molecule has 1 aliphatic heterocycles. The smallest absolute Gasteiger partial charge is 0.240 e. The summed E-state index contributed by atoms with van der Waals surface area (Å²) in [6.07, 6.45) is 0. The Hall–Kier alpha value is -1.80. The Balaban J connectivity index is 1.78. The fraction of sp³-hybridized carbons (Fsp3) is 0.368. The van der Waals surface area contributed by atoms with Gasteiger partial charge in [-0.25, -0.2) is 17.5 Å². The maximum Gasteiger partial charge on any atom is 0.240 e. The van der Waals surface area contributed by atoms with Gasteiger partial charge in [-0.2, -0.15) is 0 Å². The summed E-state index contributed by atoms with van der Waals surface area (Å²) in [6.45, 7) is 4.72. The summed E-state index contributed by atoms with van der Waals surface area (Å²) in [6, 6.07) is 12.8. The summed E-state index contributed by atoms with van der Waals surface area (Å²) >= 11 is 0. The van der Waals surface area contributed by atoms with Crippen molar-refractivity contribution < 1.29 is 17.5 Å². The number of sulfonamides is 1. The number of halogens is 1. The van der Waals surface area contributed by atoms with Crippen LogP contribution in [-0.4, -0.2) is 46.2 Å². The molecule has 0 amide bonds. The Labute approximate surface area is 153 Å². The lowest BCUT2D eigenvalue weighted by Crippen LogP contribution is -2.43. The van der Waals surface area contributed by atoms with Gasteiger partial charge in [0.1, 0.15) is 5.82 Å². The highest BCUT2D eigenvalue weighted by atomic mass is 32.2. The molecule has 1 fully saturated rings. The zero-order chi connectivity index (χ0) is 18.6. The largest absolute Gasteiger partial charge is 0.379 e. The number of hydrogen-bond acceptors (Lipinski definition) is 4. The lowest BCUT2D eigenvalue weighted by Gasteiger charge is -2.34. The molecule has 2 aromatic carbocycles. The van der Waals surface area contributed by atoms with Crippen LogP contribution in [0.25, 0.3) is 0 Å². The van der Waals surface area contributed by atoms with Crippen LogP contribution in [0.5, 0.6) is 0 Å². The molecule has 1 atom stereocenters. The SMILES string of the molecule is Cc1ccc(S(=O)(=O)NC[C@H](c2ccc(F)cc2)N2CCOCC2)cc1. The summed E-state index contributed by atoms with van der Waals surface area (Å²) < 4.78 is 46.6. The first-order valence-corrected chi connectivity index (χ1v) is 10.1. The number of nitrogens with zero attached hydrogens (tertiary/aromatic N) is 1. The molecule has 26 heavy (non-hydrogen) atoms. The second-order valence-corrected chi connectivity index (χ2v) is 8.15. The van der Waals surface area contributed by atoms with Gasteiger partial charge in [-0.15, -0.1) is 0 Å². The molecule has 3 rings (SSSR count). The predicted molar refractivity (Wildman–Crippen MR) is 97.9 cm³/mol. The molecule has 0 bridgehead atoms. The van der Waals surface area contributed by atoms with Crippen LogP contribution in [0.15, 0.2) is 53.4 Å². The Bertz CT molecular complexity index is 817. The first-order chi connectivity index (χ1) is 12.5. The van der Waals surface area contributed by atoms with E-state index in [0.29, 0.717) is 26.3 Å². The lowest BCUT2D eigenvalue weighted by atomic mass is 10.0. The molecule has 0 aliphatic carbocycles. The fourth-order valence-electron chi connectivity index (χ4n) is 3.02. The Kier molecular flexibility index (Phi) is 6.03. The molecular weight excluding hydrogens is 355 g/mol. The number of aryl methyl sites for hydroxylation is 1. The van der Waals surface area contributed by atoms with Gasteiger partial charge in [0.05, 0.1) is 18.1 Å². The minimum absolute atomic E-state index is 0.181. The molecular formula is C19H23FN2O3S. The van der Waals surface area contributed by atoms with Gasteiger partial charge in [-0.05, 0) is 36.8 Å². The molecule has 5 nitrogen and oxygen atoms in total. The average Bonchev–Trinajstić information content (AvgIpc) is 2.64. The topological polar surface area (TPSA) is 58.6 Å². The summed E-state index contributed by atoms with van der Waals surface area (Å²) in [7, 11) is -3.61. The van der Waals surface area contributed by atoms with Crippen LogP contribution in [-0.2, 0) is 14.8 Å². The highest BCUT2D eigenvalue weighted by molar-refractivity contribution is 7.89. The molecule has 1 aliphatic rings. The van der Waals surface area contributed by atoms with Crippen LogP contribution in [0, 0.1) is 12.7 Å². The zero-order valence-corrected chi connectivity index (χ0v) is 15.5. The first-order valence-electron chi connectivity index (χ1n) is 8.59. The van der Waals surface area contributed by atoms with E-state index >= 15 is 0 Å². The maximum atomic E-state index is 13.3. The van der Waals surface area contributed by atoms with E-state index in [4.69, 9.17) is 4.74 Å². The Morgan fingerprint density at radius 2 is 1.69 bits per heavy atom. The number of hydrogen-bond donors (Lipinski definition) is 1. The number of rotatable bonds is 6. The van der Waals surface area contributed by atoms with E-state index in [-0.39, 0.29) is 23.3 Å². The quantitative estimate of drug-likeness (QED) is 0.839. The van der Waals surface area contributed by atoms with Crippen molar-refractivity contribution in [3.8, 4) is 0 Å². The molecule has 7 heteroatoms. The van der Waals surface area contributed by atoms with Crippen molar-refractivity contribution in [3.05, 3.63) is 65.5 Å². The molecule has 1 heterocycles. The molecule has 1 saturated heterocycles. The fourth-order valence-corrected chi connectivity index (χ4v) is 4.06. The van der Waals surface area contributed by atoms with E-state index in [1.165, 1.54) is 12.1 Å². The molecule has 0 radical (unpaired) electrons. The van der Waals surface area contributed by atoms with E-state index in [9.17, 15) is 12.8 Å². The van der Waals surface area contributed by atoms with Crippen molar-refractivity contribution in [1.29, 1.82) is 0 Å². The Morgan fingerprint density at radius 1 is 1.08 bits per heavy atom. The van der Waals surface area contributed by atoms with Gasteiger partial charge >= 0.3 is 0 Å². The van der Waals surface area contributed by atoms with Gasteiger partial charge in [0.2, 0.25) is 10.0 Å². The van der Waals surface area contributed by atoms with E-state index in [0.717, 1.165) is 11.1 Å². The van der Waals surface area contributed by atoms with E-state index in [1.807, 2.05) is 6.92 Å². The highest BCUT2D eigenvalue weighted by Gasteiger charge is 2.25. The van der Waals surface area contributed by atoms with Crippen molar-refractivity contribution in [2.45, 2.75) is 17.9 Å². The molecule has 1 N–H and O–H groups in total. The van der Waals surface area contributed by atoms with Gasteiger partial charge in [0.15, 0.2) is 0 Å². The Morgan fingerprint density at radius 3 is 2.31 bits per heavy atom. The molecule has 140 valence electrons. The van der Waals surface area contributed by atoms with Crippen LogP contribution < -0.4 is 4.72 Å². The van der Waals surface area contributed by atoms with Crippen LogP contribution in [0.1, 0.15) is 17.2 Å². The molecule has 0 unspecified atom stereocenters. The van der Waals surface area contributed by atoms with Crippen molar-refractivity contribution in [2.24, 2.45) is 0 Å². The van der Waals surface area contributed by atoms with Crippen LogP contribution in [0.3, 0.4) is 0 Å². The normalized spacial score (nSPS) is 17.2. The predicted octanol–water partition coefficient (Wildman–Crippen LogP) is 2.49. The van der Waals surface area contributed by atoms with Crippen molar-refractivity contribution in [3.63, 3.8) is 0 Å². The first kappa shape index (κ1) is 19.0. The summed E-state index contributed by atoms with van der Waals surface area (Å²) in [5.41, 5.74) is 1.88. The third-order valence-corrected chi connectivity index (χ3v) is 5.98. The minimum atomic E-state index is -3.61. The van der Waals surface area contributed by atoms with Gasteiger partial charge in [0.25, 0.3) is 0 Å². The second kappa shape index (κ2) is 8.26. The standard InChI is InChI=1S/C19H23FN2O3S/c1-15-2-8-18(9-3-15)26(23,24)21-14-19(22-10-12-25-13-11-22)16-4-6-17(20)7-5-16/h2-9,19,21H,10-14H2,1H3/t19-/m1/s1. The second-order valence-electron chi connectivity index (χ2n) is 6.38. The third kappa shape index (κ3) is 4.67. The van der Waals surface area contributed by atoms with E-state index in [1.54, 1.807) is 36.4 Å². The van der Waals surface area contributed by atoms with Crippen molar-refractivity contribution in [2.75, 3.05) is 32.8 Å². The average molecular weight is 378 g/mol. The van der Waals surface area contributed by atoms with E-state index < -0.39 is 10.0 Å². The number of benzene rings is 2. The third-order valence-electron chi connectivity index (χ3n) is 4.54. The molecule has 0 saturated carbocycles. The van der Waals surface area contributed by atoms with Crippen LogP contribution in [0.4, 0.5) is 4.39 Å². The van der Waals surface area contributed by atoms with Crippen molar-refractivity contribution >= 4 is 10.0 Å². The minimum Gasteiger partial charge on any atom is -0.379 e. The summed E-state index contributed by atoms with van der Waals surface area (Å²) in [5, 5.41) is 0. The van der Waals surface area contributed by atoms with Gasteiger partial charge in [0, 0.05) is 25.7 Å². The van der Waals surface area contributed by atoms with Crippen LogP contribution in [0.2, 0.25) is 0 Å². The summed E-state index contributed by atoms with van der Waals surface area (Å²) in [5.74, 6) is -0.310. The highest BCUT2D eigenvalue weighted by Crippen LogP contribution is 2.22. The van der Waals surface area contributed by atoms with Gasteiger partial charge in [-0.3, -0.25) is 4.90 Å². The molecule has 0 spiro atoms. The van der Waals surface area contributed by atoms with Crippen LogP contribution >= 0.6 is 0 Å². The maximum absolute atomic E-state index is 13.3. The zero-order valence-electron chi connectivity index (χ0n) is 14.7. The summed E-state index contributed by atoms with van der Waals surface area (Å²) in [4.78, 5) is 2.40. The number of morpholine rings is 1. The molecule has 0 aromatic heterocycles. The monoisotopic (exact) mass is 378 g/mol. The van der Waals surface area contributed by atoms with Crippen molar-refractivity contribution in [1.82, 2.24) is 9.62 Å². The lowest BCUT2D eigenvalue weighted by molar-refractivity contribution is 0.0172. The van der Waals surface area contributed by atoms with Gasteiger partial charge in [-0.1, -0.05) is 29.8 Å². The van der Waals surface area contributed by atoms with Gasteiger partial charge < -0.3 is 4.74 Å². The number of ether oxygens (including phenoxy) is 1. The number of nitrogens with one attached hydrogen (secondary N) is 1. The van der Waals surface area contributed by atoms with E-state index in [2.05, 4.69) is 9.62 Å². The molecule has 2 aromatic rings.